The zero-order valence-electron chi connectivity index (χ0n) is 36.3. The number of carbonyl (C=O) groups is 4. The maximum atomic E-state index is 14.7. The largest absolute Gasteiger partial charge is 0.459 e. The smallest absolute Gasteiger partial charge is 0.408 e. The predicted molar refractivity (Wildman–Crippen MR) is 233 cm³/mol. The van der Waals surface area contributed by atoms with Gasteiger partial charge in [-0.05, 0) is 84.9 Å². The minimum atomic E-state index is -4.19. The van der Waals surface area contributed by atoms with Gasteiger partial charge in [-0.25, -0.2) is 14.5 Å². The van der Waals surface area contributed by atoms with Crippen LogP contribution in [0, 0.1) is 5.92 Å². The standard InChI is InChI=1S/C43H57N9O8S2/c1-26(2)52-33-17-13-15-30(37-45-32(25-61-37)27-18-20-44-21-19-27)35(33)47-40(52)59-29-22-34-36(53)48-43(39(55)49-62(57,58)50(6)7)23-28(43)14-11-9-8-10-12-16-31(38(54)51(34)24-29)46-41(56)60-42(3,4)5/h11,13-14,17-21,25-26,28-31,34H,8-10,12,15-16,22-24H2,1-7H3,(H,46,56)(H,48,53)(H,49,55)/b14-11-/t28-,29-,30?,31+,34+,43-/m1/s1. The van der Waals surface area contributed by atoms with E-state index in [1.54, 1.807) is 44.5 Å². The normalized spacial score (nSPS) is 26.1. The van der Waals surface area contributed by atoms with Gasteiger partial charge in [-0.15, -0.1) is 11.3 Å². The van der Waals surface area contributed by atoms with E-state index in [-0.39, 0.29) is 31.3 Å². The molecule has 62 heavy (non-hydrogen) atoms. The number of carbonyl (C=O) groups excluding carboxylic acids is 4. The van der Waals surface area contributed by atoms with Crippen LogP contribution in [0.15, 0.2) is 48.1 Å². The third kappa shape index (κ3) is 9.73. The Bertz CT molecular complexity index is 2340. The first-order chi connectivity index (χ1) is 29.4. The van der Waals surface area contributed by atoms with Gasteiger partial charge in [0.05, 0.1) is 29.5 Å². The Labute approximate surface area is 366 Å². The van der Waals surface area contributed by atoms with Gasteiger partial charge in [0.15, 0.2) is 0 Å². The number of thiazole rings is 1. The minimum absolute atomic E-state index is 0.0294. The average molecular weight is 892 g/mol. The van der Waals surface area contributed by atoms with E-state index in [0.29, 0.717) is 31.7 Å². The number of amides is 4. The van der Waals surface area contributed by atoms with E-state index in [1.807, 2.05) is 54.2 Å². The number of hydrogen-bond donors (Lipinski definition) is 3. The van der Waals surface area contributed by atoms with E-state index < -0.39 is 69.3 Å². The lowest BCUT2D eigenvalue weighted by atomic mass is 9.95. The van der Waals surface area contributed by atoms with E-state index >= 15 is 0 Å². The molecule has 1 unspecified atom stereocenters. The zero-order valence-corrected chi connectivity index (χ0v) is 37.9. The molecule has 6 atom stereocenters. The molecule has 5 heterocycles. The lowest BCUT2D eigenvalue weighted by molar-refractivity contribution is -0.141. The number of nitrogens with zero attached hydrogens (tertiary/aromatic N) is 6. The summed E-state index contributed by atoms with van der Waals surface area (Å²) < 4.78 is 42.9. The van der Waals surface area contributed by atoms with Crippen molar-refractivity contribution in [1.82, 2.24) is 44.1 Å². The molecule has 0 bridgehead atoms. The van der Waals surface area contributed by atoms with Gasteiger partial charge in [0.25, 0.3) is 11.9 Å². The van der Waals surface area contributed by atoms with E-state index in [9.17, 15) is 27.6 Å². The van der Waals surface area contributed by atoms with E-state index in [4.69, 9.17) is 19.4 Å². The van der Waals surface area contributed by atoms with Crippen LogP contribution in [0.2, 0.25) is 0 Å². The first kappa shape index (κ1) is 44.9. The van der Waals surface area contributed by atoms with Gasteiger partial charge >= 0.3 is 16.3 Å². The number of alkyl carbamates (subject to hydrolysis) is 1. The Hall–Kier alpha value is -5.14. The minimum Gasteiger partial charge on any atom is -0.459 e. The summed E-state index contributed by atoms with van der Waals surface area (Å²) in [5.41, 5.74) is 1.12. The topological polar surface area (TPSA) is 207 Å². The van der Waals surface area contributed by atoms with Crippen molar-refractivity contribution in [3.05, 3.63) is 64.5 Å². The summed E-state index contributed by atoms with van der Waals surface area (Å²) in [5.74, 6) is -2.63. The average Bonchev–Trinajstić information content (AvgIpc) is 3.56. The molecule has 7 rings (SSSR count). The van der Waals surface area contributed by atoms with Crippen molar-refractivity contribution in [3.63, 3.8) is 0 Å². The molecule has 0 aromatic carbocycles. The second kappa shape index (κ2) is 17.9. The SMILES string of the molecule is CC(C)n1c(O[C@@H]2C[C@H]3C(=O)N[C@]4(C(=O)NS(=O)(=O)N(C)C)C[C@H]4/C=C\CCCCC[C@H](NC(=O)OC(C)(C)C)C(=O)N3C2)nc2c1C=CCC2c1nc(-c2ccncc2)cs1. The molecule has 3 aromatic heterocycles. The number of imidazole rings is 1. The highest BCUT2D eigenvalue weighted by atomic mass is 32.2. The summed E-state index contributed by atoms with van der Waals surface area (Å²) >= 11 is 1.56. The van der Waals surface area contributed by atoms with Crippen LogP contribution in [-0.2, 0) is 29.3 Å². The van der Waals surface area contributed by atoms with Crippen molar-refractivity contribution in [2.24, 2.45) is 5.92 Å². The molecule has 1 saturated carbocycles. The molecule has 4 amide bonds. The van der Waals surface area contributed by atoms with Gasteiger partial charge in [0.2, 0.25) is 11.8 Å². The van der Waals surface area contributed by atoms with Crippen LogP contribution < -0.4 is 20.1 Å². The number of allylic oxidation sites excluding steroid dienone is 2. The molecule has 2 aliphatic heterocycles. The summed E-state index contributed by atoms with van der Waals surface area (Å²) in [6.07, 6.45) is 13.9. The van der Waals surface area contributed by atoms with Crippen LogP contribution in [0.5, 0.6) is 6.01 Å². The van der Waals surface area contributed by atoms with Crippen LogP contribution in [0.3, 0.4) is 0 Å². The molecular weight excluding hydrogens is 835 g/mol. The molecule has 2 fully saturated rings. The number of aromatic nitrogens is 4. The molecule has 3 aromatic rings. The lowest BCUT2D eigenvalue weighted by Crippen LogP contribution is -2.58. The number of hydrogen-bond acceptors (Lipinski definition) is 12. The third-order valence-corrected chi connectivity index (χ3v) is 13.9. The zero-order chi connectivity index (χ0) is 44.6. The van der Waals surface area contributed by atoms with E-state index in [1.165, 1.54) is 19.0 Å². The highest BCUT2D eigenvalue weighted by Crippen LogP contribution is 2.46. The molecule has 3 N–H and O–H groups in total. The van der Waals surface area contributed by atoms with Crippen LogP contribution >= 0.6 is 11.3 Å². The number of nitrogens with one attached hydrogen (secondary N) is 3. The first-order valence-corrected chi connectivity index (χ1v) is 23.5. The number of fused-ring (bicyclic) bond motifs is 3. The van der Waals surface area contributed by atoms with Crippen molar-refractivity contribution in [3.8, 4) is 17.3 Å². The molecule has 19 heteroatoms. The van der Waals surface area contributed by atoms with Crippen molar-refractivity contribution in [2.75, 3.05) is 20.6 Å². The predicted octanol–water partition coefficient (Wildman–Crippen LogP) is 5.09. The number of pyridine rings is 1. The van der Waals surface area contributed by atoms with E-state index in [0.717, 1.165) is 44.8 Å². The third-order valence-electron chi connectivity index (χ3n) is 11.5. The Morgan fingerprint density at radius 1 is 1.08 bits per heavy atom. The molecule has 4 aliphatic rings. The van der Waals surface area contributed by atoms with Crippen LogP contribution in [0.25, 0.3) is 17.3 Å². The molecule has 0 radical (unpaired) electrons. The summed E-state index contributed by atoms with van der Waals surface area (Å²) in [7, 11) is -1.59. The lowest BCUT2D eigenvalue weighted by Gasteiger charge is -2.30. The number of ether oxygens (including phenoxy) is 2. The first-order valence-electron chi connectivity index (χ1n) is 21.2. The Morgan fingerprint density at radius 2 is 1.84 bits per heavy atom. The Balaban J connectivity index is 1.21. The Morgan fingerprint density at radius 3 is 2.55 bits per heavy atom. The molecule has 334 valence electrons. The molecular formula is C43H57N9O8S2. The summed E-state index contributed by atoms with van der Waals surface area (Å²) in [5, 5.41) is 8.59. The van der Waals surface area contributed by atoms with Gasteiger partial charge in [0, 0.05) is 55.8 Å². The fourth-order valence-electron chi connectivity index (χ4n) is 8.26. The van der Waals surface area contributed by atoms with E-state index in [2.05, 4.69) is 26.4 Å². The maximum Gasteiger partial charge on any atom is 0.408 e. The summed E-state index contributed by atoms with van der Waals surface area (Å²) in [6, 6.07) is 1.92. The van der Waals surface area contributed by atoms with Crippen molar-refractivity contribution in [2.45, 2.75) is 127 Å². The summed E-state index contributed by atoms with van der Waals surface area (Å²) in [4.78, 5) is 71.9. The second-order valence-corrected chi connectivity index (χ2v) is 20.6. The van der Waals surface area contributed by atoms with Gasteiger partial charge in [0.1, 0.15) is 34.3 Å². The van der Waals surface area contributed by atoms with Crippen LogP contribution in [0.1, 0.15) is 114 Å². The van der Waals surface area contributed by atoms with Crippen LogP contribution in [-0.4, -0.2) is 111 Å². The van der Waals surface area contributed by atoms with Gasteiger partial charge < -0.3 is 25.0 Å². The van der Waals surface area contributed by atoms with Gasteiger partial charge in [-0.2, -0.15) is 17.7 Å². The maximum absolute atomic E-state index is 14.7. The highest BCUT2D eigenvalue weighted by molar-refractivity contribution is 7.87. The van der Waals surface area contributed by atoms with Gasteiger partial charge in [-0.3, -0.25) is 23.9 Å². The fraction of sp³-hybridized carbons (Fsp3) is 0.558. The van der Waals surface area contributed by atoms with Crippen molar-refractivity contribution < 1.29 is 37.1 Å². The van der Waals surface area contributed by atoms with Crippen molar-refractivity contribution >= 4 is 51.4 Å². The van der Waals surface area contributed by atoms with Gasteiger partial charge in [-0.1, -0.05) is 31.1 Å². The highest BCUT2D eigenvalue weighted by Gasteiger charge is 2.62. The summed E-state index contributed by atoms with van der Waals surface area (Å²) in [6.45, 7) is 9.22. The second-order valence-electron chi connectivity index (χ2n) is 17.9. The van der Waals surface area contributed by atoms with Crippen LogP contribution in [0.4, 0.5) is 4.79 Å². The quantitative estimate of drug-likeness (QED) is 0.241. The fourth-order valence-corrected chi connectivity index (χ4v) is 9.80. The number of rotatable bonds is 9. The molecule has 2 aliphatic carbocycles. The molecule has 17 nitrogen and oxygen atoms in total. The Kier molecular flexibility index (Phi) is 13.0. The molecule has 1 saturated heterocycles. The molecule has 0 spiro atoms. The van der Waals surface area contributed by atoms with Crippen molar-refractivity contribution in [1.29, 1.82) is 0 Å². The monoisotopic (exact) mass is 891 g/mol.